The summed E-state index contributed by atoms with van der Waals surface area (Å²) in [6.45, 7) is 8.57. The number of hydrogen-bond donors (Lipinski definition) is 1. The molecule has 122 valence electrons. The third-order valence-electron chi connectivity index (χ3n) is 4.16. The van der Waals surface area contributed by atoms with Gasteiger partial charge in [-0.25, -0.2) is 4.98 Å². The fourth-order valence-electron chi connectivity index (χ4n) is 2.82. The van der Waals surface area contributed by atoms with Gasteiger partial charge in [0.05, 0.1) is 28.4 Å². The summed E-state index contributed by atoms with van der Waals surface area (Å²) in [6, 6.07) is 8.36. The summed E-state index contributed by atoms with van der Waals surface area (Å²) in [5, 5.41) is 13.7. The van der Waals surface area contributed by atoms with Crippen LogP contribution in [-0.2, 0) is 6.54 Å². The van der Waals surface area contributed by atoms with Gasteiger partial charge in [-0.1, -0.05) is 0 Å². The molecule has 0 fully saturated rings. The number of fused-ring (bicyclic) bond motifs is 1. The Hall–Kier alpha value is -2.87. The Kier molecular flexibility index (Phi) is 3.98. The largest absolute Gasteiger partial charge is 0.346 e. The molecular weight excluding hydrogens is 298 g/mol. The second-order valence-electron chi connectivity index (χ2n) is 6.74. The van der Waals surface area contributed by atoms with Crippen LogP contribution in [0.3, 0.4) is 0 Å². The monoisotopic (exact) mass is 319 g/mol. The SMILES string of the molecule is Cc1ccnc(C)c1Nc1nccc2c1ccn2CC(C)(C)C#N. The Morgan fingerprint density at radius 1 is 1.17 bits per heavy atom. The van der Waals surface area contributed by atoms with Crippen molar-refractivity contribution in [2.24, 2.45) is 5.41 Å². The van der Waals surface area contributed by atoms with Crippen molar-refractivity contribution in [3.05, 3.63) is 48.0 Å². The molecule has 3 aromatic rings. The third-order valence-corrected chi connectivity index (χ3v) is 4.16. The molecule has 0 aliphatic heterocycles. The predicted molar refractivity (Wildman–Crippen MR) is 96.1 cm³/mol. The first kappa shape index (κ1) is 16.0. The molecule has 0 bridgehead atoms. The van der Waals surface area contributed by atoms with Crippen LogP contribution in [0.1, 0.15) is 25.1 Å². The van der Waals surface area contributed by atoms with Gasteiger partial charge in [0.2, 0.25) is 0 Å². The van der Waals surface area contributed by atoms with E-state index in [1.165, 1.54) is 0 Å². The summed E-state index contributed by atoms with van der Waals surface area (Å²) in [7, 11) is 0. The first-order chi connectivity index (χ1) is 11.4. The summed E-state index contributed by atoms with van der Waals surface area (Å²) in [5.41, 5.74) is 3.71. The molecule has 0 saturated heterocycles. The molecule has 3 aromatic heterocycles. The summed E-state index contributed by atoms with van der Waals surface area (Å²) < 4.78 is 2.11. The molecule has 0 aliphatic carbocycles. The van der Waals surface area contributed by atoms with Crippen molar-refractivity contribution in [3.8, 4) is 6.07 Å². The second-order valence-corrected chi connectivity index (χ2v) is 6.74. The minimum absolute atomic E-state index is 0.417. The van der Waals surface area contributed by atoms with Crippen LogP contribution in [0.2, 0.25) is 0 Å². The molecule has 1 N–H and O–H groups in total. The number of aromatic nitrogens is 3. The van der Waals surface area contributed by atoms with Crippen molar-refractivity contribution in [2.45, 2.75) is 34.2 Å². The molecule has 5 nitrogen and oxygen atoms in total. The zero-order valence-corrected chi connectivity index (χ0v) is 14.5. The van der Waals surface area contributed by atoms with Gasteiger partial charge < -0.3 is 9.88 Å². The zero-order chi connectivity index (χ0) is 17.3. The first-order valence-corrected chi connectivity index (χ1v) is 7.95. The van der Waals surface area contributed by atoms with Crippen molar-refractivity contribution in [3.63, 3.8) is 0 Å². The Balaban J connectivity index is 2.02. The minimum atomic E-state index is -0.417. The highest BCUT2D eigenvalue weighted by atomic mass is 15.0. The number of nitriles is 1. The summed E-state index contributed by atoms with van der Waals surface area (Å²) in [6.07, 6.45) is 5.62. The van der Waals surface area contributed by atoms with Crippen LogP contribution in [0.4, 0.5) is 11.5 Å². The average Bonchev–Trinajstić information content (AvgIpc) is 2.94. The summed E-state index contributed by atoms with van der Waals surface area (Å²) >= 11 is 0. The Morgan fingerprint density at radius 2 is 1.92 bits per heavy atom. The van der Waals surface area contributed by atoms with E-state index >= 15 is 0 Å². The number of hydrogen-bond acceptors (Lipinski definition) is 4. The quantitative estimate of drug-likeness (QED) is 0.776. The van der Waals surface area contributed by atoms with Crippen LogP contribution in [0.25, 0.3) is 10.9 Å². The number of rotatable bonds is 4. The molecule has 0 aromatic carbocycles. The van der Waals surface area contributed by atoms with E-state index in [4.69, 9.17) is 0 Å². The molecule has 3 rings (SSSR count). The highest BCUT2D eigenvalue weighted by Gasteiger charge is 2.19. The van der Waals surface area contributed by atoms with E-state index in [-0.39, 0.29) is 0 Å². The number of aryl methyl sites for hydroxylation is 2. The van der Waals surface area contributed by atoms with Gasteiger partial charge in [-0.3, -0.25) is 4.98 Å². The minimum Gasteiger partial charge on any atom is -0.346 e. The molecule has 0 aliphatic rings. The van der Waals surface area contributed by atoms with Crippen LogP contribution < -0.4 is 5.32 Å². The van der Waals surface area contributed by atoms with Crippen LogP contribution in [0, 0.1) is 30.6 Å². The van der Waals surface area contributed by atoms with Crippen molar-refractivity contribution in [1.82, 2.24) is 14.5 Å². The number of nitrogens with one attached hydrogen (secondary N) is 1. The van der Waals surface area contributed by atoms with Gasteiger partial charge in [-0.15, -0.1) is 0 Å². The lowest BCUT2D eigenvalue weighted by Gasteiger charge is -2.17. The van der Waals surface area contributed by atoms with Gasteiger partial charge in [-0.05, 0) is 51.5 Å². The highest BCUT2D eigenvalue weighted by molar-refractivity contribution is 5.92. The van der Waals surface area contributed by atoms with Crippen molar-refractivity contribution in [1.29, 1.82) is 5.26 Å². The third kappa shape index (κ3) is 2.95. The van der Waals surface area contributed by atoms with Crippen molar-refractivity contribution >= 4 is 22.4 Å². The van der Waals surface area contributed by atoms with Crippen LogP contribution in [-0.4, -0.2) is 14.5 Å². The van der Waals surface area contributed by atoms with E-state index in [1.54, 1.807) is 6.20 Å². The van der Waals surface area contributed by atoms with Crippen LogP contribution >= 0.6 is 0 Å². The van der Waals surface area contributed by atoms with Gasteiger partial charge in [0.25, 0.3) is 0 Å². The number of nitrogens with zero attached hydrogens (tertiary/aromatic N) is 4. The van der Waals surface area contributed by atoms with Crippen LogP contribution in [0.5, 0.6) is 0 Å². The Morgan fingerprint density at radius 3 is 2.62 bits per heavy atom. The fourth-order valence-corrected chi connectivity index (χ4v) is 2.82. The smallest absolute Gasteiger partial charge is 0.139 e. The molecule has 0 amide bonds. The van der Waals surface area contributed by atoms with Gasteiger partial charge in [0.15, 0.2) is 0 Å². The molecule has 0 saturated carbocycles. The van der Waals surface area contributed by atoms with E-state index in [0.717, 1.165) is 33.7 Å². The first-order valence-electron chi connectivity index (χ1n) is 7.95. The molecular formula is C19H21N5. The Labute approximate surface area is 142 Å². The van der Waals surface area contributed by atoms with Gasteiger partial charge in [0, 0.05) is 30.5 Å². The molecule has 0 spiro atoms. The number of anilines is 2. The zero-order valence-electron chi connectivity index (χ0n) is 14.5. The van der Waals surface area contributed by atoms with E-state index in [2.05, 4.69) is 32.8 Å². The lowest BCUT2D eigenvalue weighted by atomic mass is 9.96. The van der Waals surface area contributed by atoms with Crippen molar-refractivity contribution < 1.29 is 0 Å². The average molecular weight is 319 g/mol. The van der Waals surface area contributed by atoms with E-state index in [9.17, 15) is 5.26 Å². The molecule has 3 heterocycles. The highest BCUT2D eigenvalue weighted by Crippen LogP contribution is 2.29. The standard InChI is InChI=1S/C19H21N5/c1-13-5-8-21-14(2)17(13)23-18-15-7-10-24(12-19(3,4)11-20)16(15)6-9-22-18/h5-10H,12H2,1-4H3,(H,22,23). The van der Waals surface area contributed by atoms with Gasteiger partial charge >= 0.3 is 0 Å². The summed E-state index contributed by atoms with van der Waals surface area (Å²) in [4.78, 5) is 8.85. The van der Waals surface area contributed by atoms with E-state index in [1.807, 2.05) is 51.4 Å². The lowest BCUT2D eigenvalue weighted by molar-refractivity contribution is 0.416. The lowest BCUT2D eigenvalue weighted by Crippen LogP contribution is -2.16. The fraction of sp³-hybridized carbons (Fsp3) is 0.316. The molecule has 0 radical (unpaired) electrons. The molecule has 24 heavy (non-hydrogen) atoms. The maximum absolute atomic E-state index is 9.28. The topological polar surface area (TPSA) is 66.5 Å². The van der Waals surface area contributed by atoms with Crippen LogP contribution in [0.15, 0.2) is 36.8 Å². The second kappa shape index (κ2) is 5.97. The van der Waals surface area contributed by atoms with Gasteiger partial charge in [-0.2, -0.15) is 5.26 Å². The maximum atomic E-state index is 9.28. The number of pyridine rings is 2. The van der Waals surface area contributed by atoms with E-state index in [0.29, 0.717) is 6.54 Å². The van der Waals surface area contributed by atoms with Gasteiger partial charge in [0.1, 0.15) is 5.82 Å². The normalized spacial score (nSPS) is 11.5. The molecule has 0 atom stereocenters. The van der Waals surface area contributed by atoms with Crippen molar-refractivity contribution in [2.75, 3.05) is 5.32 Å². The Bertz CT molecular complexity index is 910. The maximum Gasteiger partial charge on any atom is 0.139 e. The predicted octanol–water partition coefficient (Wildman–Crippen LogP) is 4.34. The molecule has 5 heteroatoms. The summed E-state index contributed by atoms with van der Waals surface area (Å²) in [5.74, 6) is 0.806. The molecule has 0 unspecified atom stereocenters. The van der Waals surface area contributed by atoms with E-state index < -0.39 is 5.41 Å².